The van der Waals surface area contributed by atoms with Crippen molar-refractivity contribution in [3.05, 3.63) is 157 Å². The van der Waals surface area contributed by atoms with Crippen molar-refractivity contribution in [3.8, 4) is 44.5 Å². The maximum absolute atomic E-state index is 3.78. The van der Waals surface area contributed by atoms with Crippen LogP contribution in [0.1, 0.15) is 10.9 Å². The van der Waals surface area contributed by atoms with Crippen molar-refractivity contribution in [1.29, 1.82) is 0 Å². The Morgan fingerprint density at radius 3 is 1.98 bits per heavy atom. The van der Waals surface area contributed by atoms with Gasteiger partial charge in [0.25, 0.3) is 0 Å². The van der Waals surface area contributed by atoms with Gasteiger partial charge in [-0.1, -0.05) is 145 Å². The fraction of sp³-hybridized carbons (Fsp3) is 0.0233. The minimum absolute atomic E-state index is 0.215. The molecule has 8 aromatic carbocycles. The summed E-state index contributed by atoms with van der Waals surface area (Å²) in [5.74, 6) is 0. The number of rotatable bonds is 3. The molecule has 0 saturated carbocycles. The lowest BCUT2D eigenvalue weighted by Crippen LogP contribution is -2.00. The lowest BCUT2D eigenvalue weighted by Gasteiger charge is -2.13. The van der Waals surface area contributed by atoms with E-state index < -0.39 is 0 Å². The Hall–Kier alpha value is -5.31. The molecule has 2 heteroatoms. The molecule has 0 aromatic heterocycles. The van der Waals surface area contributed by atoms with Crippen molar-refractivity contribution < 1.29 is 0 Å². The summed E-state index contributed by atoms with van der Waals surface area (Å²) in [4.78, 5) is 1.34. The Balaban J connectivity index is 1.10. The zero-order valence-electron chi connectivity index (χ0n) is 24.4. The Bertz CT molecular complexity index is 2470. The normalized spacial score (nSPS) is 14.5. The van der Waals surface area contributed by atoms with Crippen LogP contribution >= 0.6 is 11.8 Å². The summed E-state index contributed by atoms with van der Waals surface area (Å²) in [6.07, 6.45) is 0. The third-order valence-electron chi connectivity index (χ3n) is 9.63. The van der Waals surface area contributed by atoms with E-state index in [2.05, 4.69) is 157 Å². The molecule has 0 radical (unpaired) electrons. The van der Waals surface area contributed by atoms with Gasteiger partial charge in [0.15, 0.2) is 0 Å². The molecule has 0 amide bonds. The van der Waals surface area contributed by atoms with Crippen molar-refractivity contribution in [3.63, 3.8) is 0 Å². The number of nitrogens with one attached hydrogen (secondary N) is 1. The van der Waals surface area contributed by atoms with Crippen molar-refractivity contribution in [2.75, 3.05) is 5.32 Å². The average molecular weight is 590 g/mol. The van der Waals surface area contributed by atoms with E-state index in [0.29, 0.717) is 0 Å². The number of benzene rings is 8. The van der Waals surface area contributed by atoms with Crippen molar-refractivity contribution in [2.24, 2.45) is 0 Å². The summed E-state index contributed by atoms with van der Waals surface area (Å²) < 4.78 is 0. The highest BCUT2D eigenvalue weighted by molar-refractivity contribution is 8.00. The van der Waals surface area contributed by atoms with Crippen molar-refractivity contribution >= 4 is 49.8 Å². The zero-order chi connectivity index (χ0) is 29.5. The van der Waals surface area contributed by atoms with Crippen LogP contribution in [-0.2, 0) is 0 Å². The minimum Gasteiger partial charge on any atom is -0.368 e. The van der Waals surface area contributed by atoms with Crippen LogP contribution in [0.25, 0.3) is 76.8 Å². The van der Waals surface area contributed by atoms with E-state index in [1.54, 1.807) is 0 Å². The molecule has 1 aliphatic carbocycles. The molecular formula is C43H27NS. The van der Waals surface area contributed by atoms with Gasteiger partial charge in [0, 0.05) is 16.0 Å². The van der Waals surface area contributed by atoms with Gasteiger partial charge in [-0.25, -0.2) is 0 Å². The van der Waals surface area contributed by atoms with Crippen LogP contribution in [0.2, 0.25) is 0 Å². The van der Waals surface area contributed by atoms with Crippen LogP contribution in [0.5, 0.6) is 0 Å². The highest BCUT2D eigenvalue weighted by Crippen LogP contribution is 2.52. The minimum atomic E-state index is 0.215. The average Bonchev–Trinajstić information content (AvgIpc) is 3.69. The van der Waals surface area contributed by atoms with E-state index in [1.807, 2.05) is 11.8 Å². The summed E-state index contributed by atoms with van der Waals surface area (Å²) in [7, 11) is 0. The second-order valence-corrected chi connectivity index (χ2v) is 13.2. The maximum Gasteiger partial charge on any atom is 0.103 e. The molecule has 1 N–H and O–H groups in total. The summed E-state index contributed by atoms with van der Waals surface area (Å²) in [5.41, 5.74) is 12.9. The molecule has 1 nitrogen and oxygen atoms in total. The number of fused-ring (bicyclic) bond motifs is 8. The fourth-order valence-electron chi connectivity index (χ4n) is 7.52. The standard InChI is InChI=1S/C43H27NS/c1-2-8-28(9-3-1)43-44-39-23-20-27-18-16-26-17-19-30(25-38(26)40(27)42(39)45-43)29-10-6-11-31(24-29)32-21-22-37-34-13-5-4-12-33(34)36-15-7-14-35(32)41(36)37/h1-25,43-44H. The van der Waals surface area contributed by atoms with Crippen LogP contribution in [0.3, 0.4) is 0 Å². The Morgan fingerprint density at radius 2 is 1.09 bits per heavy atom. The van der Waals surface area contributed by atoms with Crippen LogP contribution in [-0.4, -0.2) is 0 Å². The summed E-state index contributed by atoms with van der Waals surface area (Å²) in [6, 6.07) is 56.0. The first-order valence-corrected chi connectivity index (χ1v) is 16.4. The summed E-state index contributed by atoms with van der Waals surface area (Å²) in [5, 5.41) is 11.9. The molecule has 1 atom stereocenters. The third kappa shape index (κ3) is 3.76. The van der Waals surface area contributed by atoms with Crippen LogP contribution in [0.4, 0.5) is 5.69 Å². The van der Waals surface area contributed by atoms with Gasteiger partial charge in [-0.15, -0.1) is 0 Å². The maximum atomic E-state index is 3.78. The molecule has 1 aliphatic heterocycles. The Kier molecular flexibility index (Phi) is 5.34. The molecule has 2 aliphatic rings. The molecule has 0 fully saturated rings. The number of anilines is 1. The van der Waals surface area contributed by atoms with Crippen LogP contribution < -0.4 is 5.32 Å². The van der Waals surface area contributed by atoms with E-state index in [4.69, 9.17) is 0 Å². The van der Waals surface area contributed by atoms with Crippen molar-refractivity contribution in [2.45, 2.75) is 10.3 Å². The van der Waals surface area contributed by atoms with Crippen LogP contribution in [0.15, 0.2) is 157 Å². The third-order valence-corrected chi connectivity index (χ3v) is 10.9. The molecule has 10 rings (SSSR count). The fourth-order valence-corrected chi connectivity index (χ4v) is 8.84. The lowest BCUT2D eigenvalue weighted by atomic mass is 9.92. The highest BCUT2D eigenvalue weighted by Gasteiger charge is 2.26. The molecule has 0 spiro atoms. The van der Waals surface area contributed by atoms with E-state index in [0.717, 1.165) is 0 Å². The van der Waals surface area contributed by atoms with E-state index in [1.165, 1.54) is 93.0 Å². The molecular weight excluding hydrogens is 563 g/mol. The first-order chi connectivity index (χ1) is 22.3. The van der Waals surface area contributed by atoms with Gasteiger partial charge >= 0.3 is 0 Å². The van der Waals surface area contributed by atoms with Crippen molar-refractivity contribution in [1.82, 2.24) is 0 Å². The summed E-state index contributed by atoms with van der Waals surface area (Å²) >= 11 is 1.93. The van der Waals surface area contributed by atoms with Gasteiger partial charge in [-0.3, -0.25) is 0 Å². The first-order valence-electron chi connectivity index (χ1n) is 15.5. The van der Waals surface area contributed by atoms with Gasteiger partial charge < -0.3 is 5.32 Å². The van der Waals surface area contributed by atoms with Gasteiger partial charge in [0.1, 0.15) is 5.37 Å². The van der Waals surface area contributed by atoms with Crippen LogP contribution in [0, 0.1) is 0 Å². The van der Waals surface area contributed by atoms with E-state index >= 15 is 0 Å². The second kappa shape index (κ2) is 9.59. The molecule has 8 aromatic rings. The predicted octanol–water partition coefficient (Wildman–Crippen LogP) is 12.3. The predicted molar refractivity (Wildman–Crippen MR) is 193 cm³/mol. The van der Waals surface area contributed by atoms with Gasteiger partial charge in [-0.2, -0.15) is 0 Å². The molecule has 0 saturated heterocycles. The molecule has 0 bridgehead atoms. The zero-order valence-corrected chi connectivity index (χ0v) is 25.2. The van der Waals surface area contributed by atoms with Gasteiger partial charge in [0.05, 0.1) is 0 Å². The monoisotopic (exact) mass is 589 g/mol. The van der Waals surface area contributed by atoms with E-state index in [9.17, 15) is 0 Å². The molecule has 45 heavy (non-hydrogen) atoms. The number of hydrogen-bond acceptors (Lipinski definition) is 2. The SMILES string of the molecule is c1ccc(C2Nc3ccc4ccc5ccc(-c6cccc(-c7ccc8c9c(cccc79)-c7ccccc7-8)c6)cc5c4c3S2)cc1. The highest BCUT2D eigenvalue weighted by atomic mass is 32.2. The molecule has 1 unspecified atom stereocenters. The number of hydrogen-bond donors (Lipinski definition) is 1. The summed E-state index contributed by atoms with van der Waals surface area (Å²) in [6.45, 7) is 0. The Labute approximate surface area is 266 Å². The smallest absolute Gasteiger partial charge is 0.103 e. The Morgan fingerprint density at radius 1 is 0.422 bits per heavy atom. The second-order valence-electron chi connectivity index (χ2n) is 12.1. The quantitative estimate of drug-likeness (QED) is 0.206. The van der Waals surface area contributed by atoms with Gasteiger partial charge in [0.2, 0.25) is 0 Å². The van der Waals surface area contributed by atoms with E-state index in [-0.39, 0.29) is 5.37 Å². The lowest BCUT2D eigenvalue weighted by molar-refractivity contribution is 1.14. The van der Waals surface area contributed by atoms with Gasteiger partial charge in [-0.05, 0) is 95.2 Å². The molecule has 210 valence electrons. The molecule has 1 heterocycles. The topological polar surface area (TPSA) is 12.0 Å². The number of thioether (sulfide) groups is 1. The largest absolute Gasteiger partial charge is 0.368 e. The first kappa shape index (κ1) is 25.1.